The van der Waals surface area contributed by atoms with Crippen LogP contribution < -0.4 is 15.8 Å². The van der Waals surface area contributed by atoms with Crippen LogP contribution in [0.5, 0.6) is 5.75 Å². The molecule has 22 heavy (non-hydrogen) atoms. The van der Waals surface area contributed by atoms with Gasteiger partial charge in [-0.25, -0.2) is 0 Å². The monoisotopic (exact) mass is 303 g/mol. The van der Waals surface area contributed by atoms with Crippen LogP contribution in [0.25, 0.3) is 0 Å². The fourth-order valence-corrected chi connectivity index (χ4v) is 3.71. The number of amides is 1. The molecular weight excluding hydrogens is 278 g/mol. The van der Waals surface area contributed by atoms with Crippen LogP contribution in [0.4, 0.5) is 0 Å². The summed E-state index contributed by atoms with van der Waals surface area (Å²) < 4.78 is 5.42. The summed E-state index contributed by atoms with van der Waals surface area (Å²) in [4.78, 5) is 15.0. The molecule has 0 radical (unpaired) electrons. The van der Waals surface area contributed by atoms with Crippen molar-refractivity contribution in [2.45, 2.75) is 37.8 Å². The van der Waals surface area contributed by atoms with Crippen LogP contribution in [0.15, 0.2) is 18.2 Å². The summed E-state index contributed by atoms with van der Waals surface area (Å²) in [7, 11) is 1.66. The summed E-state index contributed by atoms with van der Waals surface area (Å²) in [5, 5.41) is 3.43. The van der Waals surface area contributed by atoms with Gasteiger partial charge in [0, 0.05) is 25.2 Å². The first kappa shape index (κ1) is 15.3. The van der Waals surface area contributed by atoms with Crippen molar-refractivity contribution >= 4 is 5.91 Å². The second-order valence-electron chi connectivity index (χ2n) is 7.00. The van der Waals surface area contributed by atoms with E-state index in [-0.39, 0.29) is 11.4 Å². The summed E-state index contributed by atoms with van der Waals surface area (Å²) in [5.41, 5.74) is 7.60. The van der Waals surface area contributed by atoms with Crippen LogP contribution in [0, 0.1) is 0 Å². The number of carbonyl (C=O) groups excluding carboxylic acids is 1. The van der Waals surface area contributed by atoms with E-state index in [1.165, 1.54) is 0 Å². The van der Waals surface area contributed by atoms with E-state index in [4.69, 9.17) is 10.5 Å². The molecule has 5 heteroatoms. The van der Waals surface area contributed by atoms with Crippen molar-refractivity contribution in [1.29, 1.82) is 0 Å². The van der Waals surface area contributed by atoms with Gasteiger partial charge in [-0.15, -0.1) is 0 Å². The molecule has 3 rings (SSSR count). The number of rotatable bonds is 2. The zero-order valence-corrected chi connectivity index (χ0v) is 13.6. The molecule has 0 saturated carbocycles. The minimum absolute atomic E-state index is 0.0362. The van der Waals surface area contributed by atoms with Crippen LogP contribution in [0.1, 0.15) is 31.4 Å². The standard InChI is InChI=1S/C17H25N3O2/c1-16(2)11-20(10-9-19-16)15(21)17(18)8-7-12-13(17)5-4-6-14(12)22-3/h4-6,19H,7-11,18H2,1-3H3. The van der Waals surface area contributed by atoms with Crippen molar-refractivity contribution < 1.29 is 9.53 Å². The first-order chi connectivity index (χ1) is 10.4. The van der Waals surface area contributed by atoms with Crippen molar-refractivity contribution in [2.24, 2.45) is 5.73 Å². The van der Waals surface area contributed by atoms with Crippen molar-refractivity contribution in [3.05, 3.63) is 29.3 Å². The van der Waals surface area contributed by atoms with Crippen molar-refractivity contribution in [3.63, 3.8) is 0 Å². The molecule has 2 aliphatic rings. The number of ether oxygens (including phenoxy) is 1. The Balaban J connectivity index is 1.91. The summed E-state index contributed by atoms with van der Waals surface area (Å²) in [6.07, 6.45) is 1.43. The molecule has 0 spiro atoms. The highest BCUT2D eigenvalue weighted by molar-refractivity contribution is 5.89. The van der Waals surface area contributed by atoms with E-state index < -0.39 is 5.54 Å². The van der Waals surface area contributed by atoms with Gasteiger partial charge >= 0.3 is 0 Å². The Morgan fingerprint density at radius 2 is 2.18 bits per heavy atom. The van der Waals surface area contributed by atoms with E-state index in [0.717, 1.165) is 29.8 Å². The highest BCUT2D eigenvalue weighted by Crippen LogP contribution is 2.41. The number of benzene rings is 1. The van der Waals surface area contributed by atoms with Crippen LogP contribution in [-0.2, 0) is 16.8 Å². The van der Waals surface area contributed by atoms with Gasteiger partial charge in [0.2, 0.25) is 5.91 Å². The minimum atomic E-state index is -0.919. The third-order valence-corrected chi connectivity index (χ3v) is 4.84. The lowest BCUT2D eigenvalue weighted by atomic mass is 9.89. The van der Waals surface area contributed by atoms with Gasteiger partial charge in [0.1, 0.15) is 11.3 Å². The smallest absolute Gasteiger partial charge is 0.247 e. The Labute approximate surface area is 131 Å². The SMILES string of the molecule is COc1cccc2c1CCC2(N)C(=O)N1CCNC(C)(C)C1. The van der Waals surface area contributed by atoms with Crippen LogP contribution in [0.3, 0.4) is 0 Å². The van der Waals surface area contributed by atoms with Gasteiger partial charge in [-0.1, -0.05) is 12.1 Å². The van der Waals surface area contributed by atoms with Gasteiger partial charge in [0.05, 0.1) is 7.11 Å². The normalized spacial score (nSPS) is 26.6. The quantitative estimate of drug-likeness (QED) is 0.855. The highest BCUT2D eigenvalue weighted by atomic mass is 16.5. The number of piperazine rings is 1. The third-order valence-electron chi connectivity index (χ3n) is 4.84. The molecule has 1 saturated heterocycles. The Bertz CT molecular complexity index is 600. The summed E-state index contributed by atoms with van der Waals surface area (Å²) in [6.45, 7) is 6.42. The zero-order chi connectivity index (χ0) is 16.0. The second-order valence-corrected chi connectivity index (χ2v) is 7.00. The predicted octanol–water partition coefficient (Wildman–Crippen LogP) is 1.01. The maximum atomic E-state index is 13.1. The molecule has 0 bridgehead atoms. The first-order valence-electron chi connectivity index (χ1n) is 7.87. The second kappa shape index (κ2) is 5.25. The molecule has 1 amide bonds. The van der Waals surface area contributed by atoms with E-state index in [9.17, 15) is 4.79 Å². The lowest BCUT2D eigenvalue weighted by Gasteiger charge is -2.42. The molecule has 1 aromatic carbocycles. The maximum Gasteiger partial charge on any atom is 0.247 e. The lowest BCUT2D eigenvalue weighted by molar-refractivity contribution is -0.139. The molecular formula is C17H25N3O2. The molecule has 1 atom stereocenters. The Morgan fingerprint density at radius 3 is 2.86 bits per heavy atom. The maximum absolute atomic E-state index is 13.1. The van der Waals surface area contributed by atoms with Gasteiger partial charge < -0.3 is 20.7 Å². The fraction of sp³-hybridized carbons (Fsp3) is 0.588. The molecule has 1 fully saturated rings. The van der Waals surface area contributed by atoms with E-state index in [1.54, 1.807) is 7.11 Å². The van der Waals surface area contributed by atoms with Crippen LogP contribution in [-0.4, -0.2) is 43.1 Å². The van der Waals surface area contributed by atoms with Gasteiger partial charge in [0.25, 0.3) is 0 Å². The molecule has 3 N–H and O–H groups in total. The molecule has 1 aliphatic heterocycles. The van der Waals surface area contributed by atoms with Crippen molar-refractivity contribution in [1.82, 2.24) is 10.2 Å². The highest BCUT2D eigenvalue weighted by Gasteiger charge is 2.46. The van der Waals surface area contributed by atoms with Crippen LogP contribution in [0.2, 0.25) is 0 Å². The average Bonchev–Trinajstić information content (AvgIpc) is 2.84. The number of carbonyl (C=O) groups is 1. The number of nitrogens with zero attached hydrogens (tertiary/aromatic N) is 1. The Kier molecular flexibility index (Phi) is 3.65. The van der Waals surface area contributed by atoms with Gasteiger partial charge in [0.15, 0.2) is 0 Å². The van der Waals surface area contributed by atoms with Crippen molar-refractivity contribution in [2.75, 3.05) is 26.7 Å². The molecule has 5 nitrogen and oxygen atoms in total. The number of hydrogen-bond donors (Lipinski definition) is 2. The number of fused-ring (bicyclic) bond motifs is 1. The molecule has 1 aliphatic carbocycles. The van der Waals surface area contributed by atoms with E-state index >= 15 is 0 Å². The Hall–Kier alpha value is -1.59. The van der Waals surface area contributed by atoms with E-state index in [0.29, 0.717) is 19.5 Å². The summed E-state index contributed by atoms with van der Waals surface area (Å²) in [6, 6.07) is 5.82. The Morgan fingerprint density at radius 1 is 1.41 bits per heavy atom. The molecule has 0 aromatic heterocycles. The topological polar surface area (TPSA) is 67.6 Å². The lowest BCUT2D eigenvalue weighted by Crippen LogP contribution is -2.62. The van der Waals surface area contributed by atoms with E-state index in [2.05, 4.69) is 19.2 Å². The predicted molar refractivity (Wildman–Crippen MR) is 85.8 cm³/mol. The summed E-state index contributed by atoms with van der Waals surface area (Å²) in [5.74, 6) is 0.868. The van der Waals surface area contributed by atoms with E-state index in [1.807, 2.05) is 23.1 Å². The largest absolute Gasteiger partial charge is 0.496 e. The first-order valence-corrected chi connectivity index (χ1v) is 7.87. The van der Waals surface area contributed by atoms with Crippen LogP contribution >= 0.6 is 0 Å². The number of nitrogens with one attached hydrogen (secondary N) is 1. The zero-order valence-electron chi connectivity index (χ0n) is 13.6. The molecule has 1 unspecified atom stereocenters. The number of hydrogen-bond acceptors (Lipinski definition) is 4. The van der Waals surface area contributed by atoms with Gasteiger partial charge in [-0.05, 0) is 43.9 Å². The number of nitrogens with two attached hydrogens (primary N) is 1. The van der Waals surface area contributed by atoms with Gasteiger partial charge in [-0.3, -0.25) is 4.79 Å². The average molecular weight is 303 g/mol. The molecule has 1 aromatic rings. The molecule has 1 heterocycles. The summed E-state index contributed by atoms with van der Waals surface area (Å²) >= 11 is 0. The fourth-order valence-electron chi connectivity index (χ4n) is 3.71. The molecule has 120 valence electrons. The number of methoxy groups -OCH3 is 1. The van der Waals surface area contributed by atoms with Gasteiger partial charge in [-0.2, -0.15) is 0 Å². The van der Waals surface area contributed by atoms with Crippen molar-refractivity contribution in [3.8, 4) is 5.75 Å². The third kappa shape index (κ3) is 2.38. The minimum Gasteiger partial charge on any atom is -0.496 e.